The number of hydrazine groups is 1. The number of thioether (sulfide) groups is 1. The van der Waals surface area contributed by atoms with Crippen LogP contribution in [0.25, 0.3) is 0 Å². The molecular weight excluding hydrogens is 310 g/mol. The first-order valence-corrected chi connectivity index (χ1v) is 7.98. The Morgan fingerprint density at radius 2 is 1.87 bits per heavy atom. The fourth-order valence-corrected chi connectivity index (χ4v) is 2.63. The number of H-pyrrole nitrogens is 1. The van der Waals surface area contributed by atoms with Gasteiger partial charge in [0.1, 0.15) is 6.33 Å². The monoisotopic (exact) mass is 325 g/mol. The van der Waals surface area contributed by atoms with Gasteiger partial charge in [0, 0.05) is 11.3 Å². The Bertz CT molecular complexity index is 744. The molecule has 3 rings (SSSR count). The summed E-state index contributed by atoms with van der Waals surface area (Å²) in [5.41, 5.74) is 8.09. The Morgan fingerprint density at radius 1 is 1.09 bits per heavy atom. The van der Waals surface area contributed by atoms with Gasteiger partial charge in [0.2, 0.25) is 0 Å². The Balaban J connectivity index is 1.53. The molecule has 0 aliphatic carbocycles. The van der Waals surface area contributed by atoms with Crippen LogP contribution in [0.5, 0.6) is 0 Å². The van der Waals surface area contributed by atoms with E-state index in [0.29, 0.717) is 5.56 Å². The minimum absolute atomic E-state index is 0.178. The number of carbonyl (C=O) groups excluding carboxylic acids is 1. The molecule has 6 nitrogen and oxygen atoms in total. The highest BCUT2D eigenvalue weighted by molar-refractivity contribution is 7.98. The summed E-state index contributed by atoms with van der Waals surface area (Å²) in [6, 6.07) is 16.9. The highest BCUT2D eigenvalue weighted by Gasteiger charge is 2.05. The molecule has 0 unspecified atom stereocenters. The first-order valence-electron chi connectivity index (χ1n) is 7.00. The van der Waals surface area contributed by atoms with Crippen LogP contribution in [0.3, 0.4) is 0 Å². The summed E-state index contributed by atoms with van der Waals surface area (Å²) >= 11 is 1.56. The molecule has 0 aliphatic rings. The maximum absolute atomic E-state index is 12.1. The van der Waals surface area contributed by atoms with Crippen molar-refractivity contribution in [2.24, 2.45) is 0 Å². The number of para-hydroxylation sites is 1. The molecule has 3 aromatic rings. The molecule has 2 aromatic carbocycles. The number of nitrogens with zero attached hydrogens (tertiary/aromatic N) is 2. The number of amides is 1. The van der Waals surface area contributed by atoms with Gasteiger partial charge < -0.3 is 0 Å². The third-order valence-electron chi connectivity index (χ3n) is 3.08. The molecule has 0 spiro atoms. The lowest BCUT2D eigenvalue weighted by Gasteiger charge is -2.08. The summed E-state index contributed by atoms with van der Waals surface area (Å²) in [5.74, 6) is 0.586. The molecule has 1 aromatic heterocycles. The van der Waals surface area contributed by atoms with E-state index in [4.69, 9.17) is 0 Å². The van der Waals surface area contributed by atoms with E-state index in [9.17, 15) is 4.79 Å². The summed E-state index contributed by atoms with van der Waals surface area (Å²) in [6.07, 6.45) is 1.48. The predicted octanol–water partition coefficient (Wildman–Crippen LogP) is 2.85. The molecule has 23 heavy (non-hydrogen) atoms. The number of hydrogen-bond donors (Lipinski definition) is 3. The third-order valence-corrected chi connectivity index (χ3v) is 4.03. The van der Waals surface area contributed by atoms with Crippen LogP contribution in [0, 0.1) is 0 Å². The number of nitrogens with one attached hydrogen (secondary N) is 3. The summed E-state index contributed by atoms with van der Waals surface area (Å²) in [7, 11) is 0. The van der Waals surface area contributed by atoms with Gasteiger partial charge in [-0.05, 0) is 29.8 Å². The standard InChI is InChI=1S/C16H15N5OS/c22-15(20-19-14-4-2-1-3-5-14)13-8-6-12(7-9-13)10-23-16-17-11-18-21-16/h1-9,11,19H,10H2,(H,20,22)(H,17,18,21). The molecule has 1 heterocycles. The number of aromatic amines is 1. The Hall–Kier alpha value is -2.80. The zero-order valence-electron chi connectivity index (χ0n) is 12.2. The zero-order chi connectivity index (χ0) is 15.9. The lowest BCUT2D eigenvalue weighted by molar-refractivity contribution is 0.0962. The highest BCUT2D eigenvalue weighted by atomic mass is 32.2. The third kappa shape index (κ3) is 4.33. The second-order valence-corrected chi connectivity index (χ2v) is 5.69. The molecule has 0 fully saturated rings. The predicted molar refractivity (Wildman–Crippen MR) is 89.9 cm³/mol. The molecule has 0 radical (unpaired) electrons. The second-order valence-electron chi connectivity index (χ2n) is 4.72. The first kappa shape index (κ1) is 15.1. The van der Waals surface area contributed by atoms with Crippen molar-refractivity contribution in [1.82, 2.24) is 20.6 Å². The maximum atomic E-state index is 12.1. The molecule has 116 valence electrons. The van der Waals surface area contributed by atoms with Gasteiger partial charge in [0.15, 0.2) is 5.16 Å². The van der Waals surface area contributed by atoms with Gasteiger partial charge in [0.25, 0.3) is 5.91 Å². The van der Waals surface area contributed by atoms with Crippen molar-refractivity contribution in [3.8, 4) is 0 Å². The maximum Gasteiger partial charge on any atom is 0.269 e. The van der Waals surface area contributed by atoms with Gasteiger partial charge in [-0.25, -0.2) is 4.98 Å². The Kier molecular flexibility index (Phi) is 4.90. The lowest BCUT2D eigenvalue weighted by Crippen LogP contribution is -2.29. The van der Waals surface area contributed by atoms with Crippen LogP contribution in [0.15, 0.2) is 66.1 Å². The average molecular weight is 325 g/mol. The van der Waals surface area contributed by atoms with Crippen LogP contribution in [0.1, 0.15) is 15.9 Å². The van der Waals surface area contributed by atoms with Gasteiger partial charge in [-0.3, -0.25) is 20.7 Å². The molecule has 3 N–H and O–H groups in total. The molecule has 1 amide bonds. The van der Waals surface area contributed by atoms with Gasteiger partial charge >= 0.3 is 0 Å². The second kappa shape index (κ2) is 7.46. The topological polar surface area (TPSA) is 82.7 Å². The minimum Gasteiger partial charge on any atom is -0.298 e. The van der Waals surface area contributed by atoms with E-state index in [1.54, 1.807) is 23.9 Å². The summed E-state index contributed by atoms with van der Waals surface area (Å²) < 4.78 is 0. The highest BCUT2D eigenvalue weighted by Crippen LogP contribution is 2.18. The van der Waals surface area contributed by atoms with E-state index in [2.05, 4.69) is 26.0 Å². The average Bonchev–Trinajstić information content (AvgIpc) is 3.13. The summed E-state index contributed by atoms with van der Waals surface area (Å²) in [4.78, 5) is 16.1. The number of benzene rings is 2. The van der Waals surface area contributed by atoms with Crippen LogP contribution < -0.4 is 10.9 Å². The minimum atomic E-state index is -0.178. The van der Waals surface area contributed by atoms with Crippen molar-refractivity contribution in [2.45, 2.75) is 10.9 Å². The van der Waals surface area contributed by atoms with E-state index in [1.807, 2.05) is 42.5 Å². The molecule has 0 saturated heterocycles. The molecule has 7 heteroatoms. The lowest BCUT2D eigenvalue weighted by atomic mass is 10.1. The van der Waals surface area contributed by atoms with Crippen LogP contribution >= 0.6 is 11.8 Å². The fourth-order valence-electron chi connectivity index (χ4n) is 1.89. The zero-order valence-corrected chi connectivity index (χ0v) is 13.0. The van der Waals surface area contributed by atoms with E-state index in [-0.39, 0.29) is 5.91 Å². The number of anilines is 1. The molecule has 0 aliphatic heterocycles. The molecular formula is C16H15N5OS. The molecule has 0 atom stereocenters. The van der Waals surface area contributed by atoms with Crippen LogP contribution in [-0.4, -0.2) is 21.1 Å². The Morgan fingerprint density at radius 3 is 2.57 bits per heavy atom. The van der Waals surface area contributed by atoms with Gasteiger partial charge in [-0.1, -0.05) is 42.1 Å². The van der Waals surface area contributed by atoms with E-state index >= 15 is 0 Å². The van der Waals surface area contributed by atoms with E-state index in [0.717, 1.165) is 22.2 Å². The Labute approximate surface area is 137 Å². The van der Waals surface area contributed by atoms with Crippen LogP contribution in [-0.2, 0) is 5.75 Å². The number of hydrogen-bond acceptors (Lipinski definition) is 5. The number of rotatable bonds is 6. The summed E-state index contributed by atoms with van der Waals surface area (Å²) in [6.45, 7) is 0. The van der Waals surface area contributed by atoms with Crippen molar-refractivity contribution in [1.29, 1.82) is 0 Å². The van der Waals surface area contributed by atoms with Crippen molar-refractivity contribution >= 4 is 23.4 Å². The van der Waals surface area contributed by atoms with Gasteiger partial charge in [-0.2, -0.15) is 5.10 Å². The van der Waals surface area contributed by atoms with E-state index in [1.165, 1.54) is 6.33 Å². The molecule has 0 bridgehead atoms. The smallest absolute Gasteiger partial charge is 0.269 e. The van der Waals surface area contributed by atoms with Crippen molar-refractivity contribution in [3.05, 3.63) is 72.1 Å². The fraction of sp³-hybridized carbons (Fsp3) is 0.0625. The molecule has 0 saturated carbocycles. The number of aromatic nitrogens is 3. The van der Waals surface area contributed by atoms with Crippen LogP contribution in [0.4, 0.5) is 5.69 Å². The SMILES string of the molecule is O=C(NNc1ccccc1)c1ccc(CSc2ncn[nH]2)cc1. The normalized spacial score (nSPS) is 10.3. The van der Waals surface area contributed by atoms with E-state index < -0.39 is 0 Å². The van der Waals surface area contributed by atoms with Gasteiger partial charge in [-0.15, -0.1) is 0 Å². The van der Waals surface area contributed by atoms with Gasteiger partial charge in [0.05, 0.1) is 5.69 Å². The van der Waals surface area contributed by atoms with Crippen LogP contribution in [0.2, 0.25) is 0 Å². The van der Waals surface area contributed by atoms with Crippen molar-refractivity contribution in [3.63, 3.8) is 0 Å². The number of carbonyl (C=O) groups is 1. The first-order chi connectivity index (χ1) is 11.3. The van der Waals surface area contributed by atoms with Crippen molar-refractivity contribution < 1.29 is 4.79 Å². The summed E-state index contributed by atoms with van der Waals surface area (Å²) in [5, 5.41) is 7.38. The van der Waals surface area contributed by atoms with Crippen molar-refractivity contribution in [2.75, 3.05) is 5.43 Å². The quantitative estimate of drug-likeness (QED) is 0.479. The largest absolute Gasteiger partial charge is 0.298 e.